The third-order valence-corrected chi connectivity index (χ3v) is 9.17. The lowest BCUT2D eigenvalue weighted by Crippen LogP contribution is -2.36. The molecule has 248 valence electrons. The van der Waals surface area contributed by atoms with E-state index in [-0.39, 0.29) is 6.10 Å². The van der Waals surface area contributed by atoms with Gasteiger partial charge in [-0.3, -0.25) is 9.78 Å². The Morgan fingerprint density at radius 3 is 2.50 bits per heavy atom. The molecule has 3 aromatic carbocycles. The van der Waals surface area contributed by atoms with E-state index in [0.717, 1.165) is 72.5 Å². The number of pyridine rings is 1. The van der Waals surface area contributed by atoms with Crippen LogP contribution in [0.5, 0.6) is 17.2 Å². The summed E-state index contributed by atoms with van der Waals surface area (Å²) in [6, 6.07) is 19.5. The van der Waals surface area contributed by atoms with Crippen LogP contribution in [0.15, 0.2) is 72.4 Å². The number of nitrogens with one attached hydrogen (secondary N) is 1. The molecule has 1 aromatic heterocycles. The van der Waals surface area contributed by atoms with Gasteiger partial charge in [-0.15, -0.1) is 0 Å². The van der Waals surface area contributed by atoms with Crippen LogP contribution in [0.3, 0.4) is 0 Å². The van der Waals surface area contributed by atoms with E-state index in [1.807, 2.05) is 42.5 Å². The Balaban J connectivity index is 1.30. The summed E-state index contributed by atoms with van der Waals surface area (Å²) in [6.07, 6.45) is 6.54. The van der Waals surface area contributed by atoms with Gasteiger partial charge in [0.05, 0.1) is 34.6 Å². The van der Waals surface area contributed by atoms with Crippen molar-refractivity contribution in [3.63, 3.8) is 0 Å². The smallest absolute Gasteiger partial charge is 0.241 e. The maximum atomic E-state index is 11.5. The first-order valence-electron chi connectivity index (χ1n) is 16.1. The minimum Gasteiger partial charge on any atom is -0.497 e. The van der Waals surface area contributed by atoms with Crippen LogP contribution in [0.1, 0.15) is 36.8 Å². The minimum atomic E-state index is -0.418. The first-order valence-corrected chi connectivity index (χ1v) is 16.5. The molecule has 2 saturated heterocycles. The summed E-state index contributed by atoms with van der Waals surface area (Å²) in [5.74, 6) is 1.68. The highest BCUT2D eigenvalue weighted by Crippen LogP contribution is 2.41. The van der Waals surface area contributed by atoms with Crippen molar-refractivity contribution in [3.05, 3.63) is 88.6 Å². The summed E-state index contributed by atoms with van der Waals surface area (Å²) >= 11 is 6.67. The van der Waals surface area contributed by atoms with Crippen LogP contribution >= 0.6 is 11.6 Å². The average Bonchev–Trinajstić information content (AvgIpc) is 3.09. The summed E-state index contributed by atoms with van der Waals surface area (Å²) in [5, 5.41) is 14.8. The van der Waals surface area contributed by atoms with Crippen LogP contribution in [0, 0.1) is 11.3 Å². The van der Waals surface area contributed by atoms with Crippen molar-refractivity contribution < 1.29 is 19.0 Å². The third kappa shape index (κ3) is 7.76. The number of benzene rings is 3. The van der Waals surface area contributed by atoms with Crippen LogP contribution in [0.4, 0.5) is 17.1 Å². The van der Waals surface area contributed by atoms with E-state index in [1.165, 1.54) is 0 Å². The highest BCUT2D eigenvalue weighted by atomic mass is 35.5. The molecule has 2 aliphatic heterocycles. The molecule has 11 heteroatoms. The van der Waals surface area contributed by atoms with Crippen molar-refractivity contribution >= 4 is 45.5 Å². The van der Waals surface area contributed by atoms with E-state index in [0.29, 0.717) is 52.9 Å². The number of ether oxygens (including phenoxy) is 3. The molecule has 0 radical (unpaired) electrons. The monoisotopic (exact) mass is 666 g/mol. The maximum absolute atomic E-state index is 11.5. The van der Waals surface area contributed by atoms with Crippen LogP contribution in [0.25, 0.3) is 10.9 Å². The van der Waals surface area contributed by atoms with Crippen molar-refractivity contribution in [1.82, 2.24) is 9.88 Å². The van der Waals surface area contributed by atoms with E-state index >= 15 is 0 Å². The summed E-state index contributed by atoms with van der Waals surface area (Å²) in [5.41, 5.74) is 10.8. The number of anilines is 3. The van der Waals surface area contributed by atoms with E-state index in [1.54, 1.807) is 25.4 Å². The van der Waals surface area contributed by atoms with Gasteiger partial charge in [-0.25, -0.2) is 0 Å². The third-order valence-electron chi connectivity index (χ3n) is 8.88. The molecule has 1 amide bonds. The van der Waals surface area contributed by atoms with Crippen molar-refractivity contribution in [2.24, 2.45) is 5.73 Å². The Bertz CT molecular complexity index is 1850. The highest BCUT2D eigenvalue weighted by molar-refractivity contribution is 6.32. The predicted octanol–water partition coefficient (Wildman–Crippen LogP) is 6.58. The van der Waals surface area contributed by atoms with Gasteiger partial charge in [0.25, 0.3) is 0 Å². The Kier molecular flexibility index (Phi) is 10.2. The summed E-state index contributed by atoms with van der Waals surface area (Å²) in [7, 11) is 3.76. The number of aromatic nitrogens is 1. The number of fused-ring (bicyclic) bond motifs is 1. The predicted molar refractivity (Wildman–Crippen MR) is 188 cm³/mol. The quantitative estimate of drug-likeness (QED) is 0.181. The molecule has 2 aliphatic rings. The maximum Gasteiger partial charge on any atom is 0.241 e. The van der Waals surface area contributed by atoms with Crippen molar-refractivity contribution in [3.8, 4) is 23.3 Å². The van der Waals surface area contributed by atoms with Crippen LogP contribution < -0.4 is 30.2 Å². The molecule has 0 unspecified atom stereocenters. The number of nitrogens with zero attached hydrogens (tertiary/aromatic N) is 4. The molecule has 0 bridgehead atoms. The number of carbonyl (C=O) groups excluding carboxylic acids is 1. The Labute approximate surface area is 285 Å². The molecule has 10 nitrogen and oxygen atoms in total. The number of nitrogens with two attached hydrogens (primary N) is 1. The highest BCUT2D eigenvalue weighted by Gasteiger charge is 2.25. The second-order valence-electron chi connectivity index (χ2n) is 12.2. The molecule has 4 aromatic rings. The van der Waals surface area contributed by atoms with Gasteiger partial charge in [-0.1, -0.05) is 29.3 Å². The molecule has 3 N–H and O–H groups in total. The molecule has 0 saturated carbocycles. The molecule has 0 atom stereocenters. The fourth-order valence-electron chi connectivity index (χ4n) is 6.15. The van der Waals surface area contributed by atoms with Gasteiger partial charge in [0, 0.05) is 55.6 Å². The molecule has 6 rings (SSSR count). The van der Waals surface area contributed by atoms with Crippen LogP contribution in [-0.2, 0) is 11.4 Å². The van der Waals surface area contributed by atoms with Gasteiger partial charge < -0.3 is 35.1 Å². The zero-order valence-electron chi connectivity index (χ0n) is 27.2. The van der Waals surface area contributed by atoms with Gasteiger partial charge in [0.2, 0.25) is 5.91 Å². The van der Waals surface area contributed by atoms with Crippen molar-refractivity contribution in [1.29, 1.82) is 5.26 Å². The zero-order valence-corrected chi connectivity index (χ0v) is 27.9. The van der Waals surface area contributed by atoms with Gasteiger partial charge in [0.1, 0.15) is 36.0 Å². The van der Waals surface area contributed by atoms with Crippen LogP contribution in [-0.4, -0.2) is 62.2 Å². The number of hydrogen-bond donors (Lipinski definition) is 2. The van der Waals surface area contributed by atoms with E-state index < -0.39 is 5.91 Å². The summed E-state index contributed by atoms with van der Waals surface area (Å²) in [4.78, 5) is 20.8. The first kappa shape index (κ1) is 32.9. The number of rotatable bonds is 10. The molecule has 2 fully saturated rings. The van der Waals surface area contributed by atoms with Crippen molar-refractivity contribution in [2.45, 2.75) is 38.4 Å². The number of likely N-dealkylation sites (tertiary alicyclic amines) is 1. The lowest BCUT2D eigenvalue weighted by molar-refractivity contribution is -0.113. The lowest BCUT2D eigenvalue weighted by Gasteiger charge is -2.34. The summed E-state index contributed by atoms with van der Waals surface area (Å²) < 4.78 is 17.9. The number of halogens is 1. The van der Waals surface area contributed by atoms with Gasteiger partial charge >= 0.3 is 0 Å². The Hall–Kier alpha value is -4.98. The number of nitriles is 1. The largest absolute Gasteiger partial charge is 0.497 e. The zero-order chi connectivity index (χ0) is 33.6. The van der Waals surface area contributed by atoms with Gasteiger partial charge in [0.15, 0.2) is 0 Å². The Morgan fingerprint density at radius 1 is 1.08 bits per heavy atom. The standard InChI is InChI=1S/C37H39ClN6O4/c1-43-13-11-29(12-14-43)48-35-20-32-30(19-33(35)44-15-9-24(10-16-44)17-36(40)45)37(26(21-39)22-41-32)42-27-5-8-34(31(38)18-27)47-23-25-3-6-28(46-2)7-4-25/h3-8,17-20,22,29H,9-16,23H2,1-2H3,(H2,40,45)(H,41,42). The second kappa shape index (κ2) is 14.8. The van der Waals surface area contributed by atoms with Gasteiger partial charge in [-0.05, 0) is 74.7 Å². The fourth-order valence-corrected chi connectivity index (χ4v) is 6.39. The number of piperidine rings is 2. The van der Waals surface area contributed by atoms with E-state index in [4.69, 9.17) is 31.5 Å². The van der Waals surface area contributed by atoms with E-state index in [2.05, 4.69) is 39.3 Å². The van der Waals surface area contributed by atoms with Crippen LogP contribution in [0.2, 0.25) is 5.02 Å². The normalized spacial score (nSPS) is 15.5. The summed E-state index contributed by atoms with van der Waals surface area (Å²) in [6.45, 7) is 3.71. The molecule has 48 heavy (non-hydrogen) atoms. The minimum absolute atomic E-state index is 0.0936. The number of amides is 1. The second-order valence-corrected chi connectivity index (χ2v) is 12.6. The van der Waals surface area contributed by atoms with E-state index in [9.17, 15) is 10.1 Å². The molecule has 0 aliphatic carbocycles. The molecular weight excluding hydrogens is 628 g/mol. The SMILES string of the molecule is COc1ccc(COc2ccc(Nc3c(C#N)cnc4cc(OC5CCN(C)CC5)c(N5CCC(=CC(N)=O)CC5)cc34)cc2Cl)cc1. The topological polar surface area (TPSA) is 126 Å². The van der Waals surface area contributed by atoms with Crippen molar-refractivity contribution in [2.75, 3.05) is 50.6 Å². The number of primary amides is 1. The average molecular weight is 667 g/mol. The molecular formula is C37H39ClN6O4. The lowest BCUT2D eigenvalue weighted by atomic mass is 10.0. The number of carbonyl (C=O) groups is 1. The Morgan fingerprint density at radius 2 is 1.83 bits per heavy atom. The molecule has 3 heterocycles. The first-order chi connectivity index (χ1) is 23.3. The fraction of sp³-hybridized carbons (Fsp3) is 0.324. The molecule has 0 spiro atoms. The van der Waals surface area contributed by atoms with Gasteiger partial charge in [-0.2, -0.15) is 5.26 Å². The number of hydrogen-bond acceptors (Lipinski definition) is 9. The number of methoxy groups -OCH3 is 1.